The van der Waals surface area contributed by atoms with E-state index in [-0.39, 0.29) is 17.3 Å². The fraction of sp³-hybridized carbons (Fsp3) is 0.455. The number of pyridine rings is 1. The summed E-state index contributed by atoms with van der Waals surface area (Å²) in [6.45, 7) is 3.16. The van der Waals surface area contributed by atoms with Crippen molar-refractivity contribution in [1.82, 2.24) is 4.98 Å². The van der Waals surface area contributed by atoms with Crippen molar-refractivity contribution in [2.75, 3.05) is 11.9 Å². The number of aromatic nitrogens is 1. The number of hydrogen-bond acceptors (Lipinski definition) is 3. The lowest BCUT2D eigenvalue weighted by atomic mass is 10.1. The molecule has 4 nitrogen and oxygen atoms in total. The van der Waals surface area contributed by atoms with Crippen molar-refractivity contribution in [3.63, 3.8) is 0 Å². The van der Waals surface area contributed by atoms with Gasteiger partial charge in [-0.05, 0) is 18.1 Å². The second-order valence-corrected chi connectivity index (χ2v) is 3.90. The highest BCUT2D eigenvalue weighted by atomic mass is 19.3. The van der Waals surface area contributed by atoms with Gasteiger partial charge in [0.15, 0.2) is 0 Å². The molecule has 1 heterocycles. The Kier molecular flexibility index (Phi) is 4.37. The maximum Gasteiger partial charge on any atom is 0.335 e. The number of nitrogens with one attached hydrogen (secondary N) is 1. The molecule has 0 amide bonds. The molecule has 1 rings (SSSR count). The fourth-order valence-corrected chi connectivity index (χ4v) is 1.24. The monoisotopic (exact) mass is 244 g/mol. The molecule has 6 heteroatoms. The van der Waals surface area contributed by atoms with Gasteiger partial charge in [0.05, 0.1) is 12.1 Å². The molecule has 0 radical (unpaired) electrons. The van der Waals surface area contributed by atoms with Gasteiger partial charge in [-0.1, -0.05) is 13.8 Å². The van der Waals surface area contributed by atoms with Crippen LogP contribution in [0.1, 0.15) is 35.8 Å². The maximum atomic E-state index is 12.0. The van der Waals surface area contributed by atoms with E-state index in [0.717, 1.165) is 0 Å². The smallest absolute Gasteiger partial charge is 0.335 e. The van der Waals surface area contributed by atoms with Crippen molar-refractivity contribution in [1.29, 1.82) is 0 Å². The molecule has 1 aromatic heterocycles. The third-order valence-corrected chi connectivity index (χ3v) is 2.12. The molecule has 0 aliphatic heterocycles. The van der Waals surface area contributed by atoms with Crippen molar-refractivity contribution >= 4 is 11.8 Å². The summed E-state index contributed by atoms with van der Waals surface area (Å²) < 4.78 is 24.1. The van der Waals surface area contributed by atoms with Gasteiger partial charge in [-0.25, -0.2) is 18.6 Å². The van der Waals surface area contributed by atoms with Gasteiger partial charge in [0.2, 0.25) is 0 Å². The molecule has 2 N–H and O–H groups in total. The van der Waals surface area contributed by atoms with Gasteiger partial charge in [0.1, 0.15) is 5.82 Å². The molecular weight excluding hydrogens is 230 g/mol. The maximum absolute atomic E-state index is 12.0. The van der Waals surface area contributed by atoms with E-state index < -0.39 is 18.9 Å². The first kappa shape index (κ1) is 13.3. The Balaban J connectivity index is 2.99. The van der Waals surface area contributed by atoms with E-state index in [1.54, 1.807) is 0 Å². The molecule has 0 saturated carbocycles. The first-order valence-corrected chi connectivity index (χ1v) is 5.17. The normalized spacial score (nSPS) is 10.9. The first-order valence-electron chi connectivity index (χ1n) is 5.17. The minimum atomic E-state index is -2.51. The Labute approximate surface area is 97.7 Å². The van der Waals surface area contributed by atoms with Gasteiger partial charge in [-0.2, -0.15) is 0 Å². The van der Waals surface area contributed by atoms with Gasteiger partial charge < -0.3 is 10.4 Å². The summed E-state index contributed by atoms with van der Waals surface area (Å²) in [5.74, 6) is -0.912. The topological polar surface area (TPSA) is 62.2 Å². The lowest BCUT2D eigenvalue weighted by Gasteiger charge is -2.10. The number of anilines is 1. The molecule has 94 valence electrons. The summed E-state index contributed by atoms with van der Waals surface area (Å²) in [4.78, 5) is 14.9. The van der Waals surface area contributed by atoms with Crippen molar-refractivity contribution in [2.24, 2.45) is 0 Å². The van der Waals surface area contributed by atoms with Crippen LogP contribution in [-0.2, 0) is 0 Å². The highest BCUT2D eigenvalue weighted by Gasteiger charge is 2.11. The molecule has 0 fully saturated rings. The predicted molar refractivity (Wildman–Crippen MR) is 59.8 cm³/mol. The number of alkyl halides is 2. The highest BCUT2D eigenvalue weighted by Crippen LogP contribution is 2.17. The lowest BCUT2D eigenvalue weighted by molar-refractivity contribution is 0.0696. The Morgan fingerprint density at radius 1 is 1.47 bits per heavy atom. The van der Waals surface area contributed by atoms with Crippen LogP contribution in [0.2, 0.25) is 0 Å². The SMILES string of the molecule is CC(C)c1cc(C(=O)O)cc(NCC(F)F)n1. The van der Waals surface area contributed by atoms with Crippen LogP contribution in [0.5, 0.6) is 0 Å². The quantitative estimate of drug-likeness (QED) is 0.835. The summed E-state index contributed by atoms with van der Waals surface area (Å²) in [6, 6.07) is 2.69. The number of hydrogen-bond donors (Lipinski definition) is 2. The third-order valence-electron chi connectivity index (χ3n) is 2.12. The van der Waals surface area contributed by atoms with Crippen LogP contribution in [0.3, 0.4) is 0 Å². The highest BCUT2D eigenvalue weighted by molar-refractivity contribution is 5.88. The molecule has 0 saturated heterocycles. The fourth-order valence-electron chi connectivity index (χ4n) is 1.24. The number of carboxylic acid groups (broad SMARTS) is 1. The number of rotatable bonds is 5. The van der Waals surface area contributed by atoms with Crippen LogP contribution in [0.25, 0.3) is 0 Å². The molecule has 0 atom stereocenters. The molecule has 1 aromatic rings. The molecule has 0 aliphatic rings. The zero-order valence-electron chi connectivity index (χ0n) is 9.58. The minimum absolute atomic E-state index is 0.0291. The Morgan fingerprint density at radius 2 is 2.12 bits per heavy atom. The third kappa shape index (κ3) is 3.97. The second kappa shape index (κ2) is 5.56. The molecule has 17 heavy (non-hydrogen) atoms. The zero-order valence-corrected chi connectivity index (χ0v) is 9.58. The molecule has 0 aromatic carbocycles. The van der Waals surface area contributed by atoms with Crippen LogP contribution >= 0.6 is 0 Å². The largest absolute Gasteiger partial charge is 0.478 e. The number of nitrogens with zero attached hydrogens (tertiary/aromatic N) is 1. The standard InChI is InChI=1S/C11H14F2N2O2/c1-6(2)8-3-7(11(16)17)4-10(15-8)14-5-9(12)13/h3-4,6,9H,5H2,1-2H3,(H,14,15)(H,16,17). The van der Waals surface area contributed by atoms with E-state index in [2.05, 4.69) is 10.3 Å². The lowest BCUT2D eigenvalue weighted by Crippen LogP contribution is -2.13. The average molecular weight is 244 g/mol. The average Bonchev–Trinajstić information content (AvgIpc) is 2.25. The summed E-state index contributed by atoms with van der Waals surface area (Å²) >= 11 is 0. The van der Waals surface area contributed by atoms with Crippen molar-refractivity contribution < 1.29 is 18.7 Å². The van der Waals surface area contributed by atoms with Crippen LogP contribution < -0.4 is 5.32 Å². The minimum Gasteiger partial charge on any atom is -0.478 e. The van der Waals surface area contributed by atoms with Gasteiger partial charge in [0, 0.05) is 5.69 Å². The van der Waals surface area contributed by atoms with E-state index in [1.165, 1.54) is 12.1 Å². The van der Waals surface area contributed by atoms with E-state index in [9.17, 15) is 13.6 Å². The van der Waals surface area contributed by atoms with Gasteiger partial charge in [-0.15, -0.1) is 0 Å². The van der Waals surface area contributed by atoms with E-state index >= 15 is 0 Å². The number of carbonyl (C=O) groups is 1. The van der Waals surface area contributed by atoms with E-state index in [1.807, 2.05) is 13.8 Å². The number of aromatic carboxylic acids is 1. The molecule has 0 spiro atoms. The van der Waals surface area contributed by atoms with E-state index in [0.29, 0.717) is 5.69 Å². The summed E-state index contributed by atoms with van der Waals surface area (Å²) in [5, 5.41) is 11.3. The van der Waals surface area contributed by atoms with Crippen molar-refractivity contribution in [3.8, 4) is 0 Å². The first-order chi connectivity index (χ1) is 7.90. The van der Waals surface area contributed by atoms with Crippen LogP contribution in [0.15, 0.2) is 12.1 Å². The van der Waals surface area contributed by atoms with Gasteiger partial charge in [-0.3, -0.25) is 0 Å². The number of carboxylic acids is 1. The Hall–Kier alpha value is -1.72. The summed E-state index contributed by atoms with van der Waals surface area (Å²) in [7, 11) is 0. The zero-order chi connectivity index (χ0) is 13.0. The second-order valence-electron chi connectivity index (χ2n) is 3.90. The van der Waals surface area contributed by atoms with Gasteiger partial charge in [0.25, 0.3) is 6.43 Å². The molecule has 0 bridgehead atoms. The van der Waals surface area contributed by atoms with Crippen LogP contribution in [0.4, 0.5) is 14.6 Å². The molecule has 0 aliphatic carbocycles. The van der Waals surface area contributed by atoms with Crippen LogP contribution in [-0.4, -0.2) is 29.0 Å². The van der Waals surface area contributed by atoms with E-state index in [4.69, 9.17) is 5.11 Å². The summed E-state index contributed by atoms with van der Waals surface area (Å²) in [6.07, 6.45) is -2.51. The molecular formula is C11H14F2N2O2. The van der Waals surface area contributed by atoms with Gasteiger partial charge >= 0.3 is 5.97 Å². The Morgan fingerprint density at radius 3 is 2.59 bits per heavy atom. The summed E-state index contributed by atoms with van der Waals surface area (Å²) in [5.41, 5.74) is 0.599. The van der Waals surface area contributed by atoms with Crippen LogP contribution in [0, 0.1) is 0 Å². The van der Waals surface area contributed by atoms with Crippen molar-refractivity contribution in [3.05, 3.63) is 23.4 Å². The number of halogens is 2. The predicted octanol–water partition coefficient (Wildman–Crippen LogP) is 2.58. The Bertz CT molecular complexity index is 408. The van der Waals surface area contributed by atoms with Crippen molar-refractivity contribution in [2.45, 2.75) is 26.2 Å². The molecule has 0 unspecified atom stereocenters.